The first kappa shape index (κ1) is 23.4. The van der Waals surface area contributed by atoms with E-state index in [0.717, 1.165) is 22.6 Å². The molecule has 0 atom stereocenters. The normalized spacial score (nSPS) is 10.6. The van der Waals surface area contributed by atoms with Crippen LogP contribution in [-0.4, -0.2) is 38.1 Å². The number of aliphatic imine (C=N–C) groups is 1. The van der Waals surface area contributed by atoms with E-state index in [9.17, 15) is 4.79 Å². The minimum atomic E-state index is -1.06. The Morgan fingerprint density at radius 3 is 2.18 bits per heavy atom. The number of allylic oxidation sites excluding steroid dienone is 1. The molecule has 0 fully saturated rings. The van der Waals surface area contributed by atoms with Crippen molar-refractivity contribution in [3.63, 3.8) is 0 Å². The molecule has 0 unspecified atom stereocenters. The molecule has 33 heavy (non-hydrogen) atoms. The molecule has 0 saturated carbocycles. The number of aliphatic carboxylic acids is 1. The van der Waals surface area contributed by atoms with Crippen LogP contribution in [0.25, 0.3) is 0 Å². The molecule has 3 aromatic carbocycles. The lowest BCUT2D eigenvalue weighted by molar-refractivity contribution is -0.139. The van der Waals surface area contributed by atoms with Crippen LogP contribution in [0.15, 0.2) is 78.3 Å². The number of carbonyl (C=O) groups is 1. The molecule has 0 aliphatic carbocycles. The van der Waals surface area contributed by atoms with Gasteiger partial charge in [-0.2, -0.15) is 0 Å². The Hall–Kier alpha value is -4.26. The number of hydrogen-bond donors (Lipinski definition) is 1. The van der Waals surface area contributed by atoms with Crippen molar-refractivity contribution in [2.45, 2.75) is 6.42 Å². The Balaban J connectivity index is 1.75. The number of nitrogens with zero attached hydrogens (tertiary/aromatic N) is 1. The van der Waals surface area contributed by atoms with Crippen LogP contribution in [0.5, 0.6) is 28.7 Å². The van der Waals surface area contributed by atoms with Gasteiger partial charge in [0, 0.05) is 11.8 Å². The molecule has 170 valence electrons. The van der Waals surface area contributed by atoms with Crippen molar-refractivity contribution in [2.75, 3.05) is 20.8 Å². The Labute approximate surface area is 192 Å². The van der Waals surface area contributed by atoms with Crippen LogP contribution >= 0.6 is 0 Å². The van der Waals surface area contributed by atoms with E-state index in [-0.39, 0.29) is 0 Å². The molecule has 0 amide bonds. The molecule has 0 heterocycles. The van der Waals surface area contributed by atoms with Crippen LogP contribution in [-0.2, 0) is 11.2 Å². The van der Waals surface area contributed by atoms with E-state index in [1.165, 1.54) is 7.11 Å². The van der Waals surface area contributed by atoms with E-state index in [1.807, 2.05) is 54.6 Å². The van der Waals surface area contributed by atoms with E-state index in [1.54, 1.807) is 25.5 Å². The highest BCUT2D eigenvalue weighted by Crippen LogP contribution is 2.33. The van der Waals surface area contributed by atoms with Crippen LogP contribution in [0.1, 0.15) is 11.1 Å². The van der Waals surface area contributed by atoms with Crippen molar-refractivity contribution in [2.24, 2.45) is 4.99 Å². The van der Waals surface area contributed by atoms with E-state index in [0.29, 0.717) is 29.4 Å². The first-order valence-electron chi connectivity index (χ1n) is 10.1. The molecule has 0 aliphatic heterocycles. The number of carboxylic acids is 1. The zero-order valence-electron chi connectivity index (χ0n) is 18.5. The summed E-state index contributed by atoms with van der Waals surface area (Å²) in [6.45, 7) is 3.29. The van der Waals surface area contributed by atoms with Crippen molar-refractivity contribution in [3.05, 3.63) is 84.4 Å². The summed E-state index contributed by atoms with van der Waals surface area (Å²) in [4.78, 5) is 15.4. The molecule has 0 radical (unpaired) electrons. The molecule has 1 N–H and O–H groups in total. The highest BCUT2D eigenvalue weighted by atomic mass is 16.5. The maximum Gasteiger partial charge on any atom is 0.341 e. The fraction of sp³-hybridized carbons (Fsp3) is 0.154. The highest BCUT2D eigenvalue weighted by molar-refractivity contribution is 5.84. The summed E-state index contributed by atoms with van der Waals surface area (Å²) in [5, 5.41) is 8.93. The second-order valence-electron chi connectivity index (χ2n) is 6.92. The number of ether oxygens (including phenoxy) is 4. The average molecular weight is 447 g/mol. The smallest absolute Gasteiger partial charge is 0.341 e. The van der Waals surface area contributed by atoms with Gasteiger partial charge in [-0.25, -0.2) is 4.79 Å². The largest absolute Gasteiger partial charge is 0.497 e. The maximum absolute atomic E-state index is 10.9. The molecular weight excluding hydrogens is 422 g/mol. The molecule has 0 saturated heterocycles. The summed E-state index contributed by atoms with van der Waals surface area (Å²) in [7, 11) is 3.12. The van der Waals surface area contributed by atoms with Gasteiger partial charge < -0.3 is 24.1 Å². The highest BCUT2D eigenvalue weighted by Gasteiger charge is 2.13. The summed E-state index contributed by atoms with van der Waals surface area (Å²) in [5.41, 5.74) is 2.28. The monoisotopic (exact) mass is 447 g/mol. The SMILES string of the molecule is C=CCc1cc(C=Nc2ccc(Oc3ccc(OC)cc3)cc2)cc(OC)c1OCC(=O)O. The van der Waals surface area contributed by atoms with Crippen molar-refractivity contribution >= 4 is 17.9 Å². The van der Waals surface area contributed by atoms with Gasteiger partial charge >= 0.3 is 5.97 Å². The van der Waals surface area contributed by atoms with E-state index in [4.69, 9.17) is 24.1 Å². The third-order valence-corrected chi connectivity index (χ3v) is 4.57. The number of methoxy groups -OCH3 is 2. The summed E-state index contributed by atoms with van der Waals surface area (Å²) < 4.78 is 21.8. The molecule has 3 aromatic rings. The van der Waals surface area contributed by atoms with Gasteiger partial charge in [-0.1, -0.05) is 6.08 Å². The molecule has 0 aliphatic rings. The predicted octanol–water partition coefficient (Wildman–Crippen LogP) is 5.44. The first-order valence-corrected chi connectivity index (χ1v) is 10.1. The predicted molar refractivity (Wildman–Crippen MR) is 127 cm³/mol. The molecule has 0 spiro atoms. The quantitative estimate of drug-likeness (QED) is 0.311. The van der Waals surface area contributed by atoms with Crippen LogP contribution < -0.4 is 18.9 Å². The topological polar surface area (TPSA) is 86.6 Å². The van der Waals surface area contributed by atoms with Gasteiger partial charge in [0.05, 0.1) is 19.9 Å². The van der Waals surface area contributed by atoms with Gasteiger partial charge in [-0.05, 0) is 72.6 Å². The van der Waals surface area contributed by atoms with E-state index in [2.05, 4.69) is 11.6 Å². The number of hydrogen-bond acceptors (Lipinski definition) is 6. The number of carboxylic acid groups (broad SMARTS) is 1. The van der Waals surface area contributed by atoms with Crippen LogP contribution in [0.3, 0.4) is 0 Å². The molecule has 0 aromatic heterocycles. The Bertz CT molecular complexity index is 1120. The fourth-order valence-electron chi connectivity index (χ4n) is 3.04. The summed E-state index contributed by atoms with van der Waals surface area (Å²) in [5.74, 6) is 1.92. The molecule has 3 rings (SSSR count). The third kappa shape index (κ3) is 6.61. The molecule has 7 nitrogen and oxygen atoms in total. The van der Waals surface area contributed by atoms with Crippen LogP contribution in [0, 0.1) is 0 Å². The minimum Gasteiger partial charge on any atom is -0.497 e. The number of benzene rings is 3. The van der Waals surface area contributed by atoms with Crippen LogP contribution in [0.4, 0.5) is 5.69 Å². The average Bonchev–Trinajstić information content (AvgIpc) is 2.83. The Morgan fingerprint density at radius 1 is 0.970 bits per heavy atom. The lowest BCUT2D eigenvalue weighted by Crippen LogP contribution is -2.11. The van der Waals surface area contributed by atoms with Crippen molar-refractivity contribution in [1.29, 1.82) is 0 Å². The lowest BCUT2D eigenvalue weighted by atomic mass is 10.1. The zero-order chi connectivity index (χ0) is 23.6. The van der Waals surface area contributed by atoms with Crippen molar-refractivity contribution < 1.29 is 28.8 Å². The summed E-state index contributed by atoms with van der Waals surface area (Å²) >= 11 is 0. The van der Waals surface area contributed by atoms with E-state index < -0.39 is 12.6 Å². The van der Waals surface area contributed by atoms with Crippen molar-refractivity contribution in [3.8, 4) is 28.7 Å². The second kappa shape index (κ2) is 11.4. The maximum atomic E-state index is 10.9. The Kier molecular flexibility index (Phi) is 8.07. The van der Waals surface area contributed by atoms with Gasteiger partial charge in [0.2, 0.25) is 0 Å². The molecular formula is C26H25NO6. The summed E-state index contributed by atoms with van der Waals surface area (Å²) in [6, 6.07) is 18.3. The zero-order valence-corrected chi connectivity index (χ0v) is 18.5. The van der Waals surface area contributed by atoms with Gasteiger partial charge in [-0.3, -0.25) is 4.99 Å². The van der Waals surface area contributed by atoms with Gasteiger partial charge in [0.1, 0.15) is 17.2 Å². The van der Waals surface area contributed by atoms with Gasteiger partial charge in [0.25, 0.3) is 0 Å². The van der Waals surface area contributed by atoms with Crippen molar-refractivity contribution in [1.82, 2.24) is 0 Å². The number of rotatable bonds is 11. The lowest BCUT2D eigenvalue weighted by Gasteiger charge is -2.14. The molecule has 7 heteroatoms. The van der Waals surface area contributed by atoms with E-state index >= 15 is 0 Å². The fourth-order valence-corrected chi connectivity index (χ4v) is 3.04. The third-order valence-electron chi connectivity index (χ3n) is 4.57. The Morgan fingerprint density at radius 2 is 1.61 bits per heavy atom. The first-order chi connectivity index (χ1) is 16.0. The van der Waals surface area contributed by atoms with Gasteiger partial charge in [0.15, 0.2) is 18.1 Å². The van der Waals surface area contributed by atoms with Gasteiger partial charge in [-0.15, -0.1) is 6.58 Å². The standard InChI is InChI=1S/C26H25NO6/c1-4-5-19-14-18(15-24(31-3)26(19)32-17-25(28)29)16-27-20-6-8-22(9-7-20)33-23-12-10-21(30-2)11-13-23/h4,6-16H,1,5,17H2,2-3H3,(H,28,29). The molecule has 0 bridgehead atoms. The summed E-state index contributed by atoms with van der Waals surface area (Å²) in [6.07, 6.45) is 3.91. The minimum absolute atomic E-state index is 0.386. The second-order valence-corrected chi connectivity index (χ2v) is 6.92. The van der Waals surface area contributed by atoms with Crippen LogP contribution in [0.2, 0.25) is 0 Å².